The smallest absolute Gasteiger partial charge is 0.163 e. The zero-order valence-electron chi connectivity index (χ0n) is 8.82. The predicted molar refractivity (Wildman–Crippen MR) is 63.1 cm³/mol. The Labute approximate surface area is 94.5 Å². The van der Waals surface area contributed by atoms with E-state index in [0.29, 0.717) is 12.2 Å². The Bertz CT molecular complexity index is 179. The van der Waals surface area contributed by atoms with Gasteiger partial charge >= 0.3 is 0 Å². The van der Waals surface area contributed by atoms with E-state index in [0.717, 1.165) is 11.5 Å². The molecule has 4 heteroatoms. The third-order valence-electron chi connectivity index (χ3n) is 2.43. The molecule has 2 rings (SSSR count). The average Bonchev–Trinajstić information content (AvgIpc) is 2.42. The molecule has 2 nitrogen and oxygen atoms in total. The Hall–Kier alpha value is 0.620. The van der Waals surface area contributed by atoms with Crippen LogP contribution in [0.5, 0.6) is 0 Å². The molecular formula is C10H18O2S2. The van der Waals surface area contributed by atoms with Crippen molar-refractivity contribution in [2.24, 2.45) is 0 Å². The second-order valence-corrected chi connectivity index (χ2v) is 6.52. The quantitative estimate of drug-likeness (QED) is 0.640. The lowest BCUT2D eigenvalue weighted by atomic mass is 10.3. The van der Waals surface area contributed by atoms with Gasteiger partial charge in [-0.25, -0.2) is 0 Å². The molecule has 0 saturated carbocycles. The lowest BCUT2D eigenvalue weighted by Gasteiger charge is -2.17. The lowest BCUT2D eigenvalue weighted by molar-refractivity contribution is -0.142. The maximum atomic E-state index is 5.89. The maximum Gasteiger partial charge on any atom is 0.163 e. The largest absolute Gasteiger partial charge is 0.344 e. The molecule has 2 aliphatic heterocycles. The maximum absolute atomic E-state index is 5.89. The van der Waals surface area contributed by atoms with Crippen LogP contribution in [0, 0.1) is 0 Å². The summed E-state index contributed by atoms with van der Waals surface area (Å²) >= 11 is 4.00. The highest BCUT2D eigenvalue weighted by atomic mass is 32.2. The van der Waals surface area contributed by atoms with Gasteiger partial charge in [0.2, 0.25) is 0 Å². The first-order valence-corrected chi connectivity index (χ1v) is 7.49. The Morgan fingerprint density at radius 3 is 2.00 bits per heavy atom. The number of hydrogen-bond donors (Lipinski definition) is 0. The van der Waals surface area contributed by atoms with Gasteiger partial charge in [0.15, 0.2) is 5.79 Å². The molecule has 0 radical (unpaired) electrons. The summed E-state index contributed by atoms with van der Waals surface area (Å²) in [6.45, 7) is 4.03. The van der Waals surface area contributed by atoms with Gasteiger partial charge in [-0.05, 0) is 31.8 Å². The van der Waals surface area contributed by atoms with E-state index in [1.807, 2.05) is 37.4 Å². The number of thioether (sulfide) groups is 2. The Morgan fingerprint density at radius 1 is 1.00 bits per heavy atom. The van der Waals surface area contributed by atoms with Crippen LogP contribution in [0.1, 0.15) is 20.3 Å². The highest BCUT2D eigenvalue weighted by Crippen LogP contribution is 2.33. The minimum Gasteiger partial charge on any atom is -0.344 e. The van der Waals surface area contributed by atoms with Crippen LogP contribution in [0.3, 0.4) is 0 Å². The van der Waals surface area contributed by atoms with Crippen molar-refractivity contribution < 1.29 is 9.47 Å². The van der Waals surface area contributed by atoms with Gasteiger partial charge in [0.05, 0.1) is 12.2 Å². The van der Waals surface area contributed by atoms with Gasteiger partial charge in [-0.2, -0.15) is 23.5 Å². The summed E-state index contributed by atoms with van der Waals surface area (Å²) in [5.41, 5.74) is 0. The molecule has 0 unspecified atom stereocenters. The summed E-state index contributed by atoms with van der Waals surface area (Å²) in [5.74, 6) is 4.35. The van der Waals surface area contributed by atoms with Crippen LogP contribution < -0.4 is 0 Å². The Kier molecular flexibility index (Phi) is 3.68. The van der Waals surface area contributed by atoms with Crippen molar-refractivity contribution >= 4 is 23.5 Å². The fraction of sp³-hybridized carbons (Fsp3) is 1.00. The zero-order valence-corrected chi connectivity index (χ0v) is 10.5. The van der Waals surface area contributed by atoms with Gasteiger partial charge in [-0.1, -0.05) is 0 Å². The highest BCUT2D eigenvalue weighted by Gasteiger charge is 2.40. The average molecular weight is 234 g/mol. The molecule has 0 aromatic rings. The second-order valence-electron chi connectivity index (χ2n) is 4.22. The second kappa shape index (κ2) is 4.64. The number of hydrogen-bond acceptors (Lipinski definition) is 4. The van der Waals surface area contributed by atoms with Crippen molar-refractivity contribution in [3.63, 3.8) is 0 Å². The lowest BCUT2D eigenvalue weighted by Crippen LogP contribution is -2.26. The summed E-state index contributed by atoms with van der Waals surface area (Å²) in [7, 11) is 0. The fourth-order valence-corrected chi connectivity index (χ4v) is 4.10. The number of rotatable bonds is 0. The van der Waals surface area contributed by atoms with Gasteiger partial charge in [-0.3, -0.25) is 0 Å². The molecule has 0 amide bonds. The SMILES string of the molecule is CC1(C)O[C@H]2CSCCCSC[C@@H]2O1. The molecule has 0 bridgehead atoms. The topological polar surface area (TPSA) is 18.5 Å². The number of fused-ring (bicyclic) bond motifs is 1. The fourth-order valence-electron chi connectivity index (χ4n) is 1.85. The van der Waals surface area contributed by atoms with Gasteiger partial charge in [0, 0.05) is 11.5 Å². The van der Waals surface area contributed by atoms with Crippen LogP contribution in [0.15, 0.2) is 0 Å². The van der Waals surface area contributed by atoms with Crippen molar-refractivity contribution in [1.82, 2.24) is 0 Å². The van der Waals surface area contributed by atoms with Crippen LogP contribution >= 0.6 is 23.5 Å². The van der Waals surface area contributed by atoms with Gasteiger partial charge in [-0.15, -0.1) is 0 Å². The molecular weight excluding hydrogens is 216 g/mol. The van der Waals surface area contributed by atoms with E-state index in [1.165, 1.54) is 17.9 Å². The summed E-state index contributed by atoms with van der Waals surface area (Å²) in [4.78, 5) is 0. The molecule has 0 aromatic carbocycles. The number of ether oxygens (including phenoxy) is 2. The Balaban J connectivity index is 1.96. The molecule has 2 aliphatic rings. The third kappa shape index (κ3) is 2.81. The predicted octanol–water partition coefficient (Wildman–Crippen LogP) is 2.38. The van der Waals surface area contributed by atoms with E-state index in [2.05, 4.69) is 0 Å². The van der Waals surface area contributed by atoms with Crippen LogP contribution in [0.2, 0.25) is 0 Å². The highest BCUT2D eigenvalue weighted by molar-refractivity contribution is 8.00. The van der Waals surface area contributed by atoms with Crippen LogP contribution in [0.25, 0.3) is 0 Å². The molecule has 0 N–H and O–H groups in total. The molecule has 2 atom stereocenters. The van der Waals surface area contributed by atoms with E-state index >= 15 is 0 Å². The molecule has 14 heavy (non-hydrogen) atoms. The van der Waals surface area contributed by atoms with Crippen LogP contribution in [0.4, 0.5) is 0 Å². The van der Waals surface area contributed by atoms with E-state index in [-0.39, 0.29) is 5.79 Å². The van der Waals surface area contributed by atoms with E-state index in [9.17, 15) is 0 Å². The first-order valence-electron chi connectivity index (χ1n) is 5.18. The van der Waals surface area contributed by atoms with Crippen LogP contribution in [-0.2, 0) is 9.47 Å². The third-order valence-corrected chi connectivity index (χ3v) is 4.71. The summed E-state index contributed by atoms with van der Waals surface area (Å²) in [5, 5.41) is 0. The van der Waals surface area contributed by atoms with E-state index < -0.39 is 0 Å². The summed E-state index contributed by atoms with van der Waals surface area (Å²) in [6, 6.07) is 0. The molecule has 2 saturated heterocycles. The van der Waals surface area contributed by atoms with Crippen molar-refractivity contribution in [2.75, 3.05) is 23.0 Å². The van der Waals surface area contributed by atoms with Crippen LogP contribution in [-0.4, -0.2) is 41.0 Å². The van der Waals surface area contributed by atoms with Crippen molar-refractivity contribution in [3.8, 4) is 0 Å². The zero-order chi connectivity index (χ0) is 10.0. The standard InChI is InChI=1S/C10H18O2S2/c1-10(2)11-8-6-13-4-3-5-14-7-9(8)12-10/h8-9H,3-7H2,1-2H3/t8-,9-/m0/s1. The normalized spacial score (nSPS) is 38.1. The van der Waals surface area contributed by atoms with Gasteiger partial charge in [0.25, 0.3) is 0 Å². The van der Waals surface area contributed by atoms with E-state index in [4.69, 9.17) is 9.47 Å². The van der Waals surface area contributed by atoms with Crippen molar-refractivity contribution in [3.05, 3.63) is 0 Å². The van der Waals surface area contributed by atoms with Gasteiger partial charge in [0.1, 0.15) is 0 Å². The molecule has 0 aromatic heterocycles. The minimum atomic E-state index is -0.365. The monoisotopic (exact) mass is 234 g/mol. The molecule has 0 aliphatic carbocycles. The summed E-state index contributed by atoms with van der Waals surface area (Å²) in [6.07, 6.45) is 1.93. The molecule has 82 valence electrons. The van der Waals surface area contributed by atoms with Gasteiger partial charge < -0.3 is 9.47 Å². The van der Waals surface area contributed by atoms with E-state index in [1.54, 1.807) is 0 Å². The van der Waals surface area contributed by atoms with Crippen molar-refractivity contribution in [1.29, 1.82) is 0 Å². The van der Waals surface area contributed by atoms with Crippen molar-refractivity contribution in [2.45, 2.75) is 38.3 Å². The molecule has 2 heterocycles. The Morgan fingerprint density at radius 2 is 1.50 bits per heavy atom. The minimum absolute atomic E-state index is 0.306. The molecule has 2 fully saturated rings. The first-order chi connectivity index (χ1) is 6.67. The molecule has 0 spiro atoms. The first kappa shape index (κ1) is 11.1. The summed E-state index contributed by atoms with van der Waals surface area (Å²) < 4.78 is 11.8.